The van der Waals surface area contributed by atoms with Gasteiger partial charge in [0.2, 0.25) is 5.89 Å². The Morgan fingerprint density at radius 3 is 2.81 bits per heavy atom. The van der Waals surface area contributed by atoms with Gasteiger partial charge in [0.05, 0.1) is 5.57 Å². The number of halogens is 1. The Labute approximate surface area is 128 Å². The van der Waals surface area contributed by atoms with E-state index in [4.69, 9.17) is 4.42 Å². The number of allylic oxidation sites excluding steroid dienone is 1. The third kappa shape index (κ3) is 3.00. The summed E-state index contributed by atoms with van der Waals surface area (Å²) >= 11 is 3.31. The van der Waals surface area contributed by atoms with Crippen molar-refractivity contribution in [2.75, 3.05) is 5.32 Å². The highest BCUT2D eigenvalue weighted by molar-refractivity contribution is 9.10. The molecule has 3 aromatic rings. The van der Waals surface area contributed by atoms with Gasteiger partial charge in [0, 0.05) is 16.9 Å². The number of carbonyl (C=O) groups is 1. The fraction of sp³-hybridized carbons (Fsp3) is 0. The van der Waals surface area contributed by atoms with Crippen molar-refractivity contribution in [3.8, 4) is 0 Å². The smallest absolute Gasteiger partial charge is 0.232 e. The predicted octanol–water partition coefficient (Wildman–Crippen LogP) is 3.64. The number of carbonyl (C=O) groups excluding carboxylic acids is 1. The summed E-state index contributed by atoms with van der Waals surface area (Å²) < 4.78 is 6.43. The molecule has 6 heteroatoms. The summed E-state index contributed by atoms with van der Waals surface area (Å²) in [5.74, 6) is 0.893. The van der Waals surface area contributed by atoms with Crippen LogP contribution >= 0.6 is 15.9 Å². The molecule has 0 spiro atoms. The lowest BCUT2D eigenvalue weighted by Crippen LogP contribution is -1.95. The Bertz CT molecular complexity index is 776. The molecule has 2 aromatic heterocycles. The molecule has 5 nitrogen and oxygen atoms in total. The number of hydrogen-bond donors (Lipinski definition) is 1. The molecule has 0 saturated carbocycles. The predicted molar refractivity (Wildman–Crippen MR) is 83.6 cm³/mol. The fourth-order valence-corrected chi connectivity index (χ4v) is 1.99. The van der Waals surface area contributed by atoms with Crippen molar-refractivity contribution in [2.45, 2.75) is 0 Å². The van der Waals surface area contributed by atoms with Crippen LogP contribution in [0, 0.1) is 0 Å². The molecule has 0 saturated heterocycles. The van der Waals surface area contributed by atoms with E-state index >= 15 is 0 Å². The van der Waals surface area contributed by atoms with Crippen LogP contribution in [-0.4, -0.2) is 16.3 Å². The average Bonchev–Trinajstić information content (AvgIpc) is 2.93. The van der Waals surface area contributed by atoms with Crippen LogP contribution in [0.3, 0.4) is 0 Å². The van der Waals surface area contributed by atoms with Crippen molar-refractivity contribution in [3.05, 3.63) is 59.2 Å². The van der Waals surface area contributed by atoms with E-state index in [1.54, 1.807) is 18.3 Å². The molecule has 0 aliphatic rings. The fourth-order valence-electron chi connectivity index (χ4n) is 1.75. The van der Waals surface area contributed by atoms with Crippen LogP contribution in [0.2, 0.25) is 0 Å². The molecular formula is C15H10BrN3O2. The number of anilines is 1. The zero-order chi connectivity index (χ0) is 14.7. The van der Waals surface area contributed by atoms with Gasteiger partial charge >= 0.3 is 0 Å². The van der Waals surface area contributed by atoms with Crippen LogP contribution in [0.5, 0.6) is 0 Å². The maximum absolute atomic E-state index is 11.2. The van der Waals surface area contributed by atoms with Crippen LogP contribution < -0.4 is 5.32 Å². The topological polar surface area (TPSA) is 68.0 Å². The van der Waals surface area contributed by atoms with E-state index in [0.717, 1.165) is 4.47 Å². The van der Waals surface area contributed by atoms with Crippen LogP contribution in [0.15, 0.2) is 57.7 Å². The number of benzene rings is 1. The number of fused-ring (bicyclic) bond motifs is 1. The quantitative estimate of drug-likeness (QED) is 0.578. The number of rotatable bonds is 4. The molecule has 2 heterocycles. The van der Waals surface area contributed by atoms with Crippen molar-refractivity contribution < 1.29 is 9.21 Å². The lowest BCUT2D eigenvalue weighted by atomic mass is 10.3. The zero-order valence-corrected chi connectivity index (χ0v) is 12.4. The van der Waals surface area contributed by atoms with E-state index in [1.165, 1.54) is 6.20 Å². The van der Waals surface area contributed by atoms with Gasteiger partial charge in [0.15, 0.2) is 11.9 Å². The number of hydrogen-bond acceptors (Lipinski definition) is 5. The first-order chi connectivity index (χ1) is 10.3. The Balaban J connectivity index is 1.88. The van der Waals surface area contributed by atoms with E-state index in [2.05, 4.69) is 31.2 Å². The second kappa shape index (κ2) is 5.88. The number of nitrogens with zero attached hydrogens (tertiary/aromatic N) is 2. The summed E-state index contributed by atoms with van der Waals surface area (Å²) in [6, 6.07) is 11.0. The van der Waals surface area contributed by atoms with E-state index < -0.39 is 0 Å². The van der Waals surface area contributed by atoms with E-state index in [1.807, 2.05) is 24.3 Å². The highest BCUT2D eigenvalue weighted by Crippen LogP contribution is 2.20. The molecule has 1 aromatic carbocycles. The first-order valence-electron chi connectivity index (χ1n) is 6.15. The molecule has 21 heavy (non-hydrogen) atoms. The van der Waals surface area contributed by atoms with Gasteiger partial charge in [-0.1, -0.05) is 12.1 Å². The summed E-state index contributed by atoms with van der Waals surface area (Å²) in [5, 5.41) is 2.94. The summed E-state index contributed by atoms with van der Waals surface area (Å²) in [6.45, 7) is 0. The summed E-state index contributed by atoms with van der Waals surface area (Å²) in [6.07, 6.45) is 3.88. The van der Waals surface area contributed by atoms with Crippen LogP contribution in [0.1, 0.15) is 5.89 Å². The standard InChI is InChI=1S/C15H10BrN3O2/c16-11-5-6-14(18-8-11)17-7-10(9-20)15-19-12-3-1-2-4-13(12)21-15/h1-9H,(H,17,18). The van der Waals surface area contributed by atoms with Gasteiger partial charge in [-0.15, -0.1) is 0 Å². The van der Waals surface area contributed by atoms with Crippen molar-refractivity contribution >= 4 is 44.7 Å². The first-order valence-corrected chi connectivity index (χ1v) is 6.95. The van der Waals surface area contributed by atoms with E-state index in [-0.39, 0.29) is 5.89 Å². The van der Waals surface area contributed by atoms with Gasteiger partial charge in [-0.2, -0.15) is 0 Å². The minimum absolute atomic E-state index is 0.274. The molecule has 0 aliphatic carbocycles. The Morgan fingerprint density at radius 1 is 1.24 bits per heavy atom. The Morgan fingerprint density at radius 2 is 2.10 bits per heavy atom. The van der Waals surface area contributed by atoms with Crippen molar-refractivity contribution in [3.63, 3.8) is 0 Å². The zero-order valence-electron chi connectivity index (χ0n) is 10.8. The molecule has 1 N–H and O–H groups in total. The number of pyridine rings is 1. The van der Waals surface area contributed by atoms with Crippen molar-refractivity contribution in [1.29, 1.82) is 0 Å². The molecule has 104 valence electrons. The molecule has 0 atom stereocenters. The van der Waals surface area contributed by atoms with Crippen LogP contribution in [0.25, 0.3) is 16.7 Å². The van der Waals surface area contributed by atoms with E-state index in [9.17, 15) is 4.79 Å². The normalized spacial score (nSPS) is 11.6. The minimum atomic E-state index is 0.274. The molecule has 0 unspecified atom stereocenters. The van der Waals surface area contributed by atoms with E-state index in [0.29, 0.717) is 28.8 Å². The van der Waals surface area contributed by atoms with Crippen molar-refractivity contribution in [1.82, 2.24) is 9.97 Å². The number of oxazole rings is 1. The minimum Gasteiger partial charge on any atom is -0.436 e. The largest absolute Gasteiger partial charge is 0.436 e. The highest BCUT2D eigenvalue weighted by Gasteiger charge is 2.09. The molecule has 0 aliphatic heterocycles. The number of nitrogens with one attached hydrogen (secondary N) is 1. The molecule has 0 bridgehead atoms. The molecule has 0 radical (unpaired) electrons. The SMILES string of the molecule is O=CC(=CNc1ccc(Br)cn1)c1nc2ccccc2o1. The monoisotopic (exact) mass is 343 g/mol. The van der Waals surface area contributed by atoms with Gasteiger partial charge < -0.3 is 9.73 Å². The number of aldehydes is 1. The van der Waals surface area contributed by atoms with Crippen LogP contribution in [-0.2, 0) is 4.79 Å². The summed E-state index contributed by atoms with van der Waals surface area (Å²) in [5.41, 5.74) is 1.67. The summed E-state index contributed by atoms with van der Waals surface area (Å²) in [7, 11) is 0. The molecule has 0 fully saturated rings. The second-order valence-electron chi connectivity index (χ2n) is 4.21. The van der Waals surface area contributed by atoms with Gasteiger partial charge in [0.25, 0.3) is 0 Å². The van der Waals surface area contributed by atoms with Gasteiger partial charge in [-0.3, -0.25) is 4.79 Å². The molecule has 3 rings (SSSR count). The number of aromatic nitrogens is 2. The van der Waals surface area contributed by atoms with Gasteiger partial charge in [-0.25, -0.2) is 9.97 Å². The molecule has 0 amide bonds. The average molecular weight is 344 g/mol. The van der Waals surface area contributed by atoms with Gasteiger partial charge in [-0.05, 0) is 40.2 Å². The second-order valence-corrected chi connectivity index (χ2v) is 5.13. The Kier molecular flexibility index (Phi) is 3.79. The number of para-hydroxylation sites is 2. The summed E-state index contributed by atoms with van der Waals surface area (Å²) in [4.78, 5) is 19.6. The third-order valence-electron chi connectivity index (χ3n) is 2.77. The lowest BCUT2D eigenvalue weighted by molar-refractivity contribution is -0.103. The lowest BCUT2D eigenvalue weighted by Gasteiger charge is -2.00. The van der Waals surface area contributed by atoms with Crippen LogP contribution in [0.4, 0.5) is 5.82 Å². The molecular weight excluding hydrogens is 334 g/mol. The highest BCUT2D eigenvalue weighted by atomic mass is 79.9. The maximum atomic E-state index is 11.2. The van der Waals surface area contributed by atoms with Gasteiger partial charge in [0.1, 0.15) is 11.3 Å². The maximum Gasteiger partial charge on any atom is 0.232 e. The Hall–Kier alpha value is -2.47. The van der Waals surface area contributed by atoms with Crippen molar-refractivity contribution in [2.24, 2.45) is 0 Å². The first kappa shape index (κ1) is 13.5. The third-order valence-corrected chi connectivity index (χ3v) is 3.24.